The maximum atomic E-state index is 11.8. The van der Waals surface area contributed by atoms with Gasteiger partial charge in [-0.15, -0.1) is 23.7 Å². The molecule has 0 unspecified atom stereocenters. The van der Waals surface area contributed by atoms with Crippen molar-refractivity contribution in [3.05, 3.63) is 16.1 Å². The van der Waals surface area contributed by atoms with Gasteiger partial charge in [0, 0.05) is 25.4 Å². The summed E-state index contributed by atoms with van der Waals surface area (Å²) in [6, 6.07) is 0. The van der Waals surface area contributed by atoms with Crippen LogP contribution in [-0.4, -0.2) is 35.9 Å². The highest BCUT2D eigenvalue weighted by atomic mass is 35.5. The fourth-order valence-corrected chi connectivity index (χ4v) is 2.07. The maximum absolute atomic E-state index is 11.8. The second-order valence-electron chi connectivity index (χ2n) is 3.39. The molecule has 0 fully saturated rings. The third kappa shape index (κ3) is 4.08. The van der Waals surface area contributed by atoms with Crippen molar-refractivity contribution < 1.29 is 4.79 Å². The molecule has 0 aliphatic rings. The van der Waals surface area contributed by atoms with Crippen LogP contribution in [0.4, 0.5) is 0 Å². The topological polar surface area (TPSA) is 59.2 Å². The van der Waals surface area contributed by atoms with Crippen molar-refractivity contribution >= 4 is 29.7 Å². The Morgan fingerprint density at radius 2 is 2.31 bits per heavy atom. The Kier molecular flexibility index (Phi) is 7.29. The van der Waals surface area contributed by atoms with E-state index in [4.69, 9.17) is 5.73 Å². The van der Waals surface area contributed by atoms with Gasteiger partial charge in [-0.3, -0.25) is 4.79 Å². The Hall–Kier alpha value is -0.650. The molecule has 0 bridgehead atoms. The van der Waals surface area contributed by atoms with E-state index in [0.717, 1.165) is 24.4 Å². The first-order valence-electron chi connectivity index (χ1n) is 5.09. The Morgan fingerprint density at radius 3 is 2.88 bits per heavy atom. The lowest BCUT2D eigenvalue weighted by Crippen LogP contribution is -2.27. The molecule has 0 aliphatic carbocycles. The van der Waals surface area contributed by atoms with E-state index in [1.165, 1.54) is 11.3 Å². The minimum atomic E-state index is -0.00336. The molecule has 16 heavy (non-hydrogen) atoms. The zero-order chi connectivity index (χ0) is 11.3. The van der Waals surface area contributed by atoms with Crippen molar-refractivity contribution in [3.63, 3.8) is 0 Å². The van der Waals surface area contributed by atoms with Crippen LogP contribution in [0.15, 0.2) is 5.38 Å². The quantitative estimate of drug-likeness (QED) is 0.877. The molecule has 0 spiro atoms. The summed E-state index contributed by atoms with van der Waals surface area (Å²) < 4.78 is 0. The van der Waals surface area contributed by atoms with Gasteiger partial charge in [-0.1, -0.05) is 6.92 Å². The van der Waals surface area contributed by atoms with Crippen molar-refractivity contribution in [2.45, 2.75) is 19.8 Å². The highest BCUT2D eigenvalue weighted by molar-refractivity contribution is 7.09. The van der Waals surface area contributed by atoms with E-state index in [1.54, 1.807) is 17.3 Å². The van der Waals surface area contributed by atoms with Gasteiger partial charge in [0.2, 0.25) is 0 Å². The average molecular weight is 264 g/mol. The second-order valence-corrected chi connectivity index (χ2v) is 4.33. The molecule has 1 heterocycles. The fourth-order valence-electron chi connectivity index (χ4n) is 1.28. The maximum Gasteiger partial charge on any atom is 0.273 e. The summed E-state index contributed by atoms with van der Waals surface area (Å²) >= 11 is 1.50. The van der Waals surface area contributed by atoms with Gasteiger partial charge in [-0.05, 0) is 13.0 Å². The lowest BCUT2D eigenvalue weighted by molar-refractivity contribution is 0.0790. The van der Waals surface area contributed by atoms with Gasteiger partial charge in [0.15, 0.2) is 0 Å². The van der Waals surface area contributed by atoms with Gasteiger partial charge >= 0.3 is 0 Å². The zero-order valence-electron chi connectivity index (χ0n) is 9.60. The lowest BCUT2D eigenvalue weighted by Gasteiger charge is -2.13. The molecule has 4 nitrogen and oxygen atoms in total. The van der Waals surface area contributed by atoms with Crippen LogP contribution in [-0.2, 0) is 6.42 Å². The van der Waals surface area contributed by atoms with Crippen LogP contribution in [0, 0.1) is 0 Å². The molecule has 0 radical (unpaired) electrons. The molecule has 0 aliphatic heterocycles. The summed E-state index contributed by atoms with van der Waals surface area (Å²) in [6.07, 6.45) is 1.71. The number of hydrogen-bond acceptors (Lipinski definition) is 4. The van der Waals surface area contributed by atoms with E-state index < -0.39 is 0 Å². The smallest absolute Gasteiger partial charge is 0.273 e. The Bertz CT molecular complexity index is 330. The van der Waals surface area contributed by atoms with Gasteiger partial charge in [-0.2, -0.15) is 0 Å². The number of nitrogens with zero attached hydrogens (tertiary/aromatic N) is 2. The molecule has 1 aromatic rings. The molecule has 1 rings (SSSR count). The monoisotopic (exact) mass is 263 g/mol. The summed E-state index contributed by atoms with van der Waals surface area (Å²) in [5.41, 5.74) is 5.97. The van der Waals surface area contributed by atoms with E-state index in [1.807, 2.05) is 6.92 Å². The number of thiazole rings is 1. The van der Waals surface area contributed by atoms with Gasteiger partial charge in [0.05, 0.1) is 5.01 Å². The first-order chi connectivity index (χ1) is 7.19. The zero-order valence-corrected chi connectivity index (χ0v) is 11.2. The summed E-state index contributed by atoms with van der Waals surface area (Å²) in [5.74, 6) is -0.00336. The van der Waals surface area contributed by atoms with Gasteiger partial charge < -0.3 is 10.6 Å². The summed E-state index contributed by atoms with van der Waals surface area (Å²) in [4.78, 5) is 17.7. The number of hydrogen-bond donors (Lipinski definition) is 1. The number of halogens is 1. The molecule has 2 N–H and O–H groups in total. The largest absolute Gasteiger partial charge is 0.340 e. The molecule has 1 aromatic heterocycles. The van der Waals surface area contributed by atoms with Crippen molar-refractivity contribution in [1.29, 1.82) is 0 Å². The number of carbonyl (C=O) groups excluding carboxylic acids is 1. The highest BCUT2D eigenvalue weighted by Gasteiger charge is 2.14. The Labute approximate surface area is 106 Å². The van der Waals surface area contributed by atoms with E-state index >= 15 is 0 Å². The number of carbonyl (C=O) groups is 1. The first kappa shape index (κ1) is 15.3. The third-order valence-corrected chi connectivity index (χ3v) is 2.94. The SMILES string of the molecule is CCCN(C)C(=O)c1csc(CCN)n1.Cl. The fraction of sp³-hybridized carbons (Fsp3) is 0.600. The highest BCUT2D eigenvalue weighted by Crippen LogP contribution is 2.11. The molecule has 1 amide bonds. The molecule has 0 saturated heterocycles. The number of nitrogens with two attached hydrogens (primary N) is 1. The van der Waals surface area contributed by atoms with Crippen LogP contribution >= 0.6 is 23.7 Å². The minimum absolute atomic E-state index is 0. The predicted octanol–water partition coefficient (Wildman–Crippen LogP) is 1.55. The molecule has 6 heteroatoms. The predicted molar refractivity (Wildman–Crippen MR) is 69.4 cm³/mol. The van der Waals surface area contributed by atoms with Crippen LogP contribution in [0.2, 0.25) is 0 Å². The molecular weight excluding hydrogens is 246 g/mol. The first-order valence-corrected chi connectivity index (χ1v) is 5.97. The van der Waals surface area contributed by atoms with Crippen LogP contribution in [0.5, 0.6) is 0 Å². The molecule has 0 atom stereocenters. The Morgan fingerprint density at radius 1 is 1.62 bits per heavy atom. The molecule has 92 valence electrons. The van der Waals surface area contributed by atoms with Gasteiger partial charge in [-0.25, -0.2) is 4.98 Å². The van der Waals surface area contributed by atoms with Crippen LogP contribution in [0.25, 0.3) is 0 Å². The molecule has 0 saturated carbocycles. The van der Waals surface area contributed by atoms with Gasteiger partial charge in [0.1, 0.15) is 5.69 Å². The summed E-state index contributed by atoms with van der Waals surface area (Å²) in [5, 5.41) is 2.74. The second kappa shape index (κ2) is 7.60. The van der Waals surface area contributed by atoms with Crippen LogP contribution in [0.3, 0.4) is 0 Å². The van der Waals surface area contributed by atoms with E-state index in [0.29, 0.717) is 12.2 Å². The van der Waals surface area contributed by atoms with Crippen molar-refractivity contribution in [2.75, 3.05) is 20.1 Å². The molecular formula is C10H18ClN3OS. The van der Waals surface area contributed by atoms with E-state index in [2.05, 4.69) is 4.98 Å². The number of aromatic nitrogens is 1. The van der Waals surface area contributed by atoms with Gasteiger partial charge in [0.25, 0.3) is 5.91 Å². The standard InChI is InChI=1S/C10H17N3OS.ClH/c1-3-6-13(2)10(14)8-7-15-9(12-8)4-5-11;/h7H,3-6,11H2,1-2H3;1H. The summed E-state index contributed by atoms with van der Waals surface area (Å²) in [6.45, 7) is 3.39. The van der Waals surface area contributed by atoms with Crippen molar-refractivity contribution in [3.8, 4) is 0 Å². The van der Waals surface area contributed by atoms with E-state index in [-0.39, 0.29) is 18.3 Å². The van der Waals surface area contributed by atoms with Crippen molar-refractivity contribution in [2.24, 2.45) is 5.73 Å². The average Bonchev–Trinajstić information content (AvgIpc) is 2.66. The number of amides is 1. The molecule has 0 aromatic carbocycles. The summed E-state index contributed by atoms with van der Waals surface area (Å²) in [7, 11) is 1.80. The van der Waals surface area contributed by atoms with Crippen LogP contribution < -0.4 is 5.73 Å². The third-order valence-electron chi connectivity index (χ3n) is 2.03. The lowest BCUT2D eigenvalue weighted by atomic mass is 10.3. The number of rotatable bonds is 5. The van der Waals surface area contributed by atoms with Crippen molar-refractivity contribution in [1.82, 2.24) is 9.88 Å². The normalized spacial score (nSPS) is 9.69. The minimum Gasteiger partial charge on any atom is -0.340 e. The van der Waals surface area contributed by atoms with Crippen LogP contribution in [0.1, 0.15) is 28.8 Å². The Balaban J connectivity index is 0.00000225. The van der Waals surface area contributed by atoms with E-state index in [9.17, 15) is 4.79 Å².